The summed E-state index contributed by atoms with van der Waals surface area (Å²) in [5.41, 5.74) is 3.93. The van der Waals surface area contributed by atoms with Gasteiger partial charge in [0.2, 0.25) is 0 Å². The maximum atomic E-state index is 4.45. The van der Waals surface area contributed by atoms with E-state index in [1.165, 1.54) is 17.0 Å². The molecule has 1 N–H and O–H groups in total. The van der Waals surface area contributed by atoms with Crippen LogP contribution in [0.4, 0.5) is 5.69 Å². The second-order valence-corrected chi connectivity index (χ2v) is 4.05. The Bertz CT molecular complexity index is 446. The molecule has 15 heavy (non-hydrogen) atoms. The van der Waals surface area contributed by atoms with Crippen molar-refractivity contribution in [2.75, 3.05) is 5.32 Å². The number of nitrogens with zero attached hydrogens (tertiary/aromatic N) is 1. The first-order chi connectivity index (χ1) is 7.40. The molecule has 0 spiro atoms. The quantitative estimate of drug-likeness (QED) is 0.737. The monoisotopic (exact) mass is 198 g/mol. The Labute approximate surface area is 89.7 Å². The molecule has 2 atom stereocenters. The number of para-hydroxylation sites is 1. The lowest BCUT2D eigenvalue weighted by molar-refractivity contribution is 0.816. The maximum absolute atomic E-state index is 4.45. The fraction of sp³-hybridized carbons (Fsp3) is 0.308. The lowest BCUT2D eigenvalue weighted by Gasteiger charge is -2.21. The van der Waals surface area contributed by atoms with Crippen LogP contribution in [0.3, 0.4) is 0 Å². The Kier molecular flexibility index (Phi) is 1.88. The van der Waals surface area contributed by atoms with Crippen LogP contribution >= 0.6 is 0 Å². The Morgan fingerprint density at radius 1 is 1.33 bits per heavy atom. The fourth-order valence-corrected chi connectivity index (χ4v) is 2.48. The van der Waals surface area contributed by atoms with E-state index in [2.05, 4.69) is 47.6 Å². The van der Waals surface area contributed by atoms with Gasteiger partial charge in [-0.05, 0) is 18.1 Å². The molecule has 0 unspecified atom stereocenters. The van der Waals surface area contributed by atoms with Crippen LogP contribution in [-0.2, 0) is 0 Å². The van der Waals surface area contributed by atoms with Crippen LogP contribution in [-0.4, -0.2) is 11.8 Å². The number of rotatable bonds is 1. The highest BCUT2D eigenvalue weighted by atomic mass is 15.0. The van der Waals surface area contributed by atoms with Gasteiger partial charge in [-0.15, -0.1) is 0 Å². The molecule has 2 nitrogen and oxygen atoms in total. The van der Waals surface area contributed by atoms with Crippen LogP contribution in [0.15, 0.2) is 41.5 Å². The van der Waals surface area contributed by atoms with Crippen molar-refractivity contribution in [2.24, 2.45) is 4.99 Å². The molecule has 2 aliphatic heterocycles. The van der Waals surface area contributed by atoms with Gasteiger partial charge in [-0.25, -0.2) is 0 Å². The maximum Gasteiger partial charge on any atom is 0.0750 e. The Morgan fingerprint density at radius 3 is 3.07 bits per heavy atom. The first-order valence-electron chi connectivity index (χ1n) is 5.49. The van der Waals surface area contributed by atoms with Crippen LogP contribution in [0.2, 0.25) is 0 Å². The number of nitrogens with one attached hydrogen (secondary N) is 1. The van der Waals surface area contributed by atoms with Crippen LogP contribution in [0.1, 0.15) is 24.8 Å². The molecule has 0 bridgehead atoms. The molecule has 0 saturated heterocycles. The van der Waals surface area contributed by atoms with Gasteiger partial charge in [0.25, 0.3) is 0 Å². The summed E-state index contributed by atoms with van der Waals surface area (Å²) < 4.78 is 0. The Balaban J connectivity index is 2.05. The van der Waals surface area contributed by atoms with Crippen molar-refractivity contribution in [3.05, 3.63) is 42.1 Å². The van der Waals surface area contributed by atoms with Gasteiger partial charge in [0.1, 0.15) is 0 Å². The number of benzene rings is 1. The molecule has 0 saturated carbocycles. The zero-order chi connectivity index (χ0) is 10.3. The predicted molar refractivity (Wildman–Crippen MR) is 63.5 cm³/mol. The van der Waals surface area contributed by atoms with E-state index in [9.17, 15) is 0 Å². The van der Waals surface area contributed by atoms with Gasteiger partial charge < -0.3 is 5.32 Å². The smallest absolute Gasteiger partial charge is 0.0750 e. The van der Waals surface area contributed by atoms with Crippen LogP contribution in [0.5, 0.6) is 0 Å². The van der Waals surface area contributed by atoms with E-state index in [1.807, 2.05) is 6.20 Å². The lowest BCUT2D eigenvalue weighted by Crippen LogP contribution is -2.30. The van der Waals surface area contributed by atoms with Crippen molar-refractivity contribution >= 4 is 11.4 Å². The molecule has 1 aromatic rings. The van der Waals surface area contributed by atoms with E-state index in [0.29, 0.717) is 12.0 Å². The first-order valence-corrected chi connectivity index (χ1v) is 5.49. The van der Waals surface area contributed by atoms with Crippen molar-refractivity contribution in [1.29, 1.82) is 0 Å². The molecule has 1 aromatic carbocycles. The molecular formula is C13H14N2. The Morgan fingerprint density at radius 2 is 2.20 bits per heavy atom. The minimum atomic E-state index is 0.386. The standard InChI is InChI=1S/C13H14N2/c1-2-11-13-10(7-8-14-11)9-5-3-4-6-12(9)15-13/h3-8,10,13,15H,2H2,1H3/t10-,13+/m0/s1. The molecule has 0 fully saturated rings. The van der Waals surface area contributed by atoms with Crippen LogP contribution in [0, 0.1) is 0 Å². The van der Waals surface area contributed by atoms with Crippen LogP contribution in [0.25, 0.3) is 0 Å². The molecule has 3 rings (SSSR count). The van der Waals surface area contributed by atoms with Gasteiger partial charge in [0.15, 0.2) is 0 Å². The summed E-state index contributed by atoms with van der Waals surface area (Å²) in [4.78, 5) is 4.45. The van der Waals surface area contributed by atoms with Crippen molar-refractivity contribution in [1.82, 2.24) is 0 Å². The van der Waals surface area contributed by atoms with E-state index in [0.717, 1.165) is 6.42 Å². The number of fused-ring (bicyclic) bond motifs is 3. The molecule has 0 radical (unpaired) electrons. The third-order valence-corrected chi connectivity index (χ3v) is 3.25. The second kappa shape index (κ2) is 3.23. The lowest BCUT2D eigenvalue weighted by atomic mass is 9.90. The highest BCUT2D eigenvalue weighted by Gasteiger charge is 2.33. The predicted octanol–water partition coefficient (Wildman–Crippen LogP) is 2.94. The summed E-state index contributed by atoms with van der Waals surface area (Å²) in [5, 5.41) is 3.56. The van der Waals surface area contributed by atoms with Gasteiger partial charge >= 0.3 is 0 Å². The van der Waals surface area contributed by atoms with E-state index in [-0.39, 0.29) is 0 Å². The highest BCUT2D eigenvalue weighted by Crippen LogP contribution is 2.39. The zero-order valence-corrected chi connectivity index (χ0v) is 8.77. The molecule has 2 aliphatic rings. The van der Waals surface area contributed by atoms with Gasteiger partial charge in [-0.3, -0.25) is 4.99 Å². The molecule has 2 heteroatoms. The first kappa shape index (κ1) is 8.72. The third-order valence-electron chi connectivity index (χ3n) is 3.25. The summed E-state index contributed by atoms with van der Waals surface area (Å²) in [7, 11) is 0. The minimum absolute atomic E-state index is 0.386. The minimum Gasteiger partial charge on any atom is -0.376 e. The van der Waals surface area contributed by atoms with Crippen molar-refractivity contribution < 1.29 is 0 Å². The van der Waals surface area contributed by atoms with E-state index >= 15 is 0 Å². The van der Waals surface area contributed by atoms with Crippen molar-refractivity contribution in [3.63, 3.8) is 0 Å². The summed E-state index contributed by atoms with van der Waals surface area (Å²) in [5.74, 6) is 0.480. The Hall–Kier alpha value is -1.57. The largest absolute Gasteiger partial charge is 0.376 e. The number of hydrogen-bond donors (Lipinski definition) is 1. The van der Waals surface area contributed by atoms with Crippen molar-refractivity contribution in [2.45, 2.75) is 25.3 Å². The molecule has 0 amide bonds. The SMILES string of the molecule is CCC1=NC=C[C@H]2c3ccccc3N[C@@H]12. The molecule has 0 aromatic heterocycles. The number of hydrogen-bond acceptors (Lipinski definition) is 2. The molecule has 76 valence electrons. The topological polar surface area (TPSA) is 24.4 Å². The van der Waals surface area contributed by atoms with E-state index < -0.39 is 0 Å². The highest BCUT2D eigenvalue weighted by molar-refractivity contribution is 5.96. The fourth-order valence-electron chi connectivity index (χ4n) is 2.48. The normalized spacial score (nSPS) is 26.6. The van der Waals surface area contributed by atoms with Gasteiger partial charge in [0.05, 0.1) is 6.04 Å². The summed E-state index contributed by atoms with van der Waals surface area (Å²) >= 11 is 0. The summed E-state index contributed by atoms with van der Waals surface area (Å²) in [6.45, 7) is 2.17. The third kappa shape index (κ3) is 1.21. The average molecular weight is 198 g/mol. The van der Waals surface area contributed by atoms with Crippen LogP contribution < -0.4 is 5.32 Å². The van der Waals surface area contributed by atoms with Gasteiger partial charge in [-0.1, -0.05) is 31.2 Å². The molecular weight excluding hydrogens is 184 g/mol. The number of aliphatic imine (C=N–C) groups is 1. The van der Waals surface area contributed by atoms with E-state index in [4.69, 9.17) is 0 Å². The van der Waals surface area contributed by atoms with E-state index in [1.54, 1.807) is 0 Å². The zero-order valence-electron chi connectivity index (χ0n) is 8.77. The van der Waals surface area contributed by atoms with Crippen molar-refractivity contribution in [3.8, 4) is 0 Å². The second-order valence-electron chi connectivity index (χ2n) is 4.05. The summed E-state index contributed by atoms with van der Waals surface area (Å²) in [6, 6.07) is 8.92. The molecule has 0 aliphatic carbocycles. The van der Waals surface area contributed by atoms with Gasteiger partial charge in [-0.2, -0.15) is 0 Å². The summed E-state index contributed by atoms with van der Waals surface area (Å²) in [6.07, 6.45) is 5.17. The molecule has 2 heterocycles. The average Bonchev–Trinajstić information content (AvgIpc) is 2.67. The number of anilines is 1. The van der Waals surface area contributed by atoms with Gasteiger partial charge in [0, 0.05) is 23.5 Å².